The molecule has 0 saturated heterocycles. The summed E-state index contributed by atoms with van der Waals surface area (Å²) in [5, 5.41) is 9.03. The molecule has 0 radical (unpaired) electrons. The number of nitrogens with one attached hydrogen (secondary N) is 1. The molecule has 1 fully saturated rings. The summed E-state index contributed by atoms with van der Waals surface area (Å²) in [5.74, 6) is 0.0688. The van der Waals surface area contributed by atoms with Gasteiger partial charge in [0.05, 0.1) is 17.3 Å². The Kier molecular flexibility index (Phi) is 6.59. The molecule has 202 valence electrons. The number of aromatic nitrogens is 5. The highest BCUT2D eigenvalue weighted by Gasteiger charge is 2.64. The SMILES string of the molecule is FC(F)(F)C1(C2=NNC(c3nc(-c4ccc(Cl)cc4Cl)n(-c4ccc(Br)cc4)c3Cn3cncn3)O2)CCC1. The van der Waals surface area contributed by atoms with Crippen LogP contribution in [0.4, 0.5) is 13.2 Å². The van der Waals surface area contributed by atoms with E-state index in [0.717, 1.165) is 10.2 Å². The minimum Gasteiger partial charge on any atom is -0.448 e. The van der Waals surface area contributed by atoms with E-state index in [9.17, 15) is 13.2 Å². The summed E-state index contributed by atoms with van der Waals surface area (Å²) >= 11 is 16.2. The number of nitrogens with zero attached hydrogens (tertiary/aromatic N) is 6. The van der Waals surface area contributed by atoms with Gasteiger partial charge in [-0.2, -0.15) is 18.3 Å². The van der Waals surface area contributed by atoms with Crippen LogP contribution in [0.3, 0.4) is 0 Å². The lowest BCUT2D eigenvalue weighted by molar-refractivity contribution is -0.226. The van der Waals surface area contributed by atoms with Crippen molar-refractivity contribution in [2.45, 2.75) is 38.2 Å². The zero-order chi connectivity index (χ0) is 27.4. The third-order valence-electron chi connectivity index (χ3n) is 6.96. The van der Waals surface area contributed by atoms with Crippen LogP contribution in [0, 0.1) is 5.41 Å². The topological polar surface area (TPSA) is 82.2 Å². The molecule has 2 aromatic carbocycles. The molecule has 14 heteroatoms. The van der Waals surface area contributed by atoms with Crippen molar-refractivity contribution in [3.05, 3.63) is 81.0 Å². The largest absolute Gasteiger partial charge is 0.448 e. The Hall–Kier alpha value is -3.09. The molecule has 39 heavy (non-hydrogen) atoms. The third kappa shape index (κ3) is 4.57. The van der Waals surface area contributed by atoms with Gasteiger partial charge < -0.3 is 4.74 Å². The quantitative estimate of drug-likeness (QED) is 0.248. The number of rotatable bonds is 6. The number of halogens is 6. The smallest absolute Gasteiger partial charge is 0.403 e. The molecule has 1 unspecified atom stereocenters. The van der Waals surface area contributed by atoms with Gasteiger partial charge in [-0.25, -0.2) is 14.6 Å². The summed E-state index contributed by atoms with van der Waals surface area (Å²) in [7, 11) is 0. The van der Waals surface area contributed by atoms with Crippen molar-refractivity contribution in [3.8, 4) is 17.1 Å². The van der Waals surface area contributed by atoms with E-state index in [1.54, 1.807) is 22.9 Å². The lowest BCUT2D eigenvalue weighted by atomic mass is 9.68. The Morgan fingerprint density at radius 2 is 1.90 bits per heavy atom. The second-order valence-corrected chi connectivity index (χ2v) is 11.0. The summed E-state index contributed by atoms with van der Waals surface area (Å²) in [6.07, 6.45) is -2.32. The predicted octanol–water partition coefficient (Wildman–Crippen LogP) is 6.91. The molecule has 6 rings (SSSR count). The van der Waals surface area contributed by atoms with Crippen LogP contribution in [0.5, 0.6) is 0 Å². The van der Waals surface area contributed by atoms with Crippen LogP contribution in [0.15, 0.2) is 64.7 Å². The van der Waals surface area contributed by atoms with E-state index < -0.39 is 17.8 Å². The van der Waals surface area contributed by atoms with Gasteiger partial charge in [0.15, 0.2) is 0 Å². The molecular weight excluding hydrogens is 622 g/mol. The fourth-order valence-corrected chi connectivity index (χ4v) is 5.54. The molecule has 1 aliphatic carbocycles. The first-order valence-electron chi connectivity index (χ1n) is 11.9. The molecular formula is C25H19BrCl2F3N7O. The molecule has 1 atom stereocenters. The summed E-state index contributed by atoms with van der Waals surface area (Å²) in [4.78, 5) is 8.90. The number of benzene rings is 2. The second kappa shape index (κ2) is 9.83. The maximum Gasteiger partial charge on any atom is 0.403 e. The van der Waals surface area contributed by atoms with Crippen molar-refractivity contribution in [3.63, 3.8) is 0 Å². The highest BCUT2D eigenvalue weighted by molar-refractivity contribution is 9.10. The fourth-order valence-electron chi connectivity index (χ4n) is 4.79. The number of hydrogen-bond acceptors (Lipinski definition) is 6. The van der Waals surface area contributed by atoms with Gasteiger partial charge in [0.2, 0.25) is 12.1 Å². The molecule has 1 saturated carbocycles. The van der Waals surface area contributed by atoms with Gasteiger partial charge in [0, 0.05) is 20.7 Å². The minimum absolute atomic E-state index is 0.0749. The van der Waals surface area contributed by atoms with E-state index in [-0.39, 0.29) is 25.3 Å². The molecule has 2 aliphatic rings. The van der Waals surface area contributed by atoms with Crippen LogP contribution >= 0.6 is 39.1 Å². The van der Waals surface area contributed by atoms with Crippen molar-refractivity contribution in [2.24, 2.45) is 10.5 Å². The molecule has 2 aromatic heterocycles. The van der Waals surface area contributed by atoms with E-state index in [2.05, 4.69) is 36.5 Å². The van der Waals surface area contributed by atoms with Crippen LogP contribution in [-0.2, 0) is 11.3 Å². The van der Waals surface area contributed by atoms with Gasteiger partial charge in [0.1, 0.15) is 29.6 Å². The predicted molar refractivity (Wildman–Crippen MR) is 143 cm³/mol. The van der Waals surface area contributed by atoms with Crippen LogP contribution in [-0.4, -0.2) is 36.4 Å². The average molecular weight is 641 g/mol. The van der Waals surface area contributed by atoms with Gasteiger partial charge in [-0.05, 0) is 55.3 Å². The molecule has 8 nitrogen and oxygen atoms in total. The number of alkyl halides is 3. The monoisotopic (exact) mass is 639 g/mol. The Morgan fingerprint density at radius 3 is 2.51 bits per heavy atom. The zero-order valence-electron chi connectivity index (χ0n) is 20.0. The highest BCUT2D eigenvalue weighted by Crippen LogP contribution is 2.55. The standard InChI is InChI=1S/C25H19BrCl2F3N7O/c26-14-2-5-16(6-3-14)38-19(11-37-13-32-12-33-37)20(34-21(38)17-7-4-15(27)10-18(17)28)22-35-36-23(39-22)24(8-1-9-24)25(29,30)31/h2-7,10,12-13,22,35H,1,8-9,11H2. The Bertz CT molecular complexity index is 1550. The molecule has 0 amide bonds. The zero-order valence-corrected chi connectivity index (χ0v) is 23.1. The summed E-state index contributed by atoms with van der Waals surface area (Å²) in [6.45, 7) is 0.185. The first-order valence-corrected chi connectivity index (χ1v) is 13.4. The van der Waals surface area contributed by atoms with Crippen LogP contribution in [0.1, 0.15) is 36.9 Å². The number of hydrogen-bond donors (Lipinski definition) is 1. The van der Waals surface area contributed by atoms with Crippen molar-refractivity contribution in [1.82, 2.24) is 29.7 Å². The van der Waals surface area contributed by atoms with Crippen molar-refractivity contribution in [1.29, 1.82) is 0 Å². The molecule has 4 aromatic rings. The highest BCUT2D eigenvalue weighted by atomic mass is 79.9. The Labute approximate surface area is 238 Å². The lowest BCUT2D eigenvalue weighted by Gasteiger charge is -2.41. The number of imidazole rings is 1. The van der Waals surface area contributed by atoms with Gasteiger partial charge >= 0.3 is 6.18 Å². The normalized spacial score (nSPS) is 18.3. The molecule has 0 spiro atoms. The van der Waals surface area contributed by atoms with E-state index in [4.69, 9.17) is 32.9 Å². The van der Waals surface area contributed by atoms with Crippen LogP contribution < -0.4 is 5.43 Å². The number of hydrazone groups is 1. The van der Waals surface area contributed by atoms with E-state index in [1.807, 2.05) is 28.8 Å². The summed E-state index contributed by atoms with van der Waals surface area (Å²) in [6, 6.07) is 12.5. The van der Waals surface area contributed by atoms with E-state index in [0.29, 0.717) is 39.2 Å². The van der Waals surface area contributed by atoms with E-state index >= 15 is 0 Å². The molecule has 0 bridgehead atoms. The molecule has 3 heterocycles. The summed E-state index contributed by atoms with van der Waals surface area (Å²) in [5.41, 5.74) is 2.88. The fraction of sp³-hybridized carbons (Fsp3) is 0.280. The van der Waals surface area contributed by atoms with Crippen molar-refractivity contribution in [2.75, 3.05) is 0 Å². The maximum atomic E-state index is 14.0. The average Bonchev–Trinajstić information content (AvgIpc) is 3.59. The maximum absolute atomic E-state index is 14.0. The Morgan fingerprint density at radius 1 is 1.13 bits per heavy atom. The lowest BCUT2D eigenvalue weighted by Crippen LogP contribution is -2.50. The van der Waals surface area contributed by atoms with Crippen LogP contribution in [0.25, 0.3) is 17.1 Å². The summed E-state index contributed by atoms with van der Waals surface area (Å²) < 4.78 is 52.3. The van der Waals surface area contributed by atoms with Gasteiger partial charge in [-0.3, -0.25) is 9.99 Å². The van der Waals surface area contributed by atoms with Gasteiger partial charge in [-0.15, -0.1) is 5.10 Å². The molecule has 1 N–H and O–H groups in total. The first kappa shape index (κ1) is 26.1. The van der Waals surface area contributed by atoms with E-state index in [1.165, 1.54) is 12.7 Å². The van der Waals surface area contributed by atoms with Crippen LogP contribution in [0.2, 0.25) is 10.0 Å². The van der Waals surface area contributed by atoms with Gasteiger partial charge in [-0.1, -0.05) is 45.6 Å². The Balaban J connectivity index is 1.51. The molecule has 1 aliphatic heterocycles. The number of ether oxygens (including phenoxy) is 1. The second-order valence-electron chi connectivity index (χ2n) is 9.27. The third-order valence-corrected chi connectivity index (χ3v) is 8.04. The van der Waals surface area contributed by atoms with Gasteiger partial charge in [0.25, 0.3) is 0 Å². The van der Waals surface area contributed by atoms with Crippen molar-refractivity contribution < 1.29 is 17.9 Å². The van der Waals surface area contributed by atoms with Crippen molar-refractivity contribution >= 4 is 45.0 Å². The minimum atomic E-state index is -4.48. The first-order chi connectivity index (χ1) is 18.7.